The molecule has 184 valence electrons. The van der Waals surface area contributed by atoms with Gasteiger partial charge in [0, 0.05) is 35.3 Å². The molecule has 1 aromatic carbocycles. The number of aromatic nitrogens is 2. The Kier molecular flexibility index (Phi) is 6.42. The van der Waals surface area contributed by atoms with Crippen LogP contribution in [0.1, 0.15) is 37.3 Å². The minimum atomic E-state index is -0.919. The van der Waals surface area contributed by atoms with Crippen molar-refractivity contribution in [1.29, 1.82) is 0 Å². The molecule has 0 bridgehead atoms. The first-order valence-electron chi connectivity index (χ1n) is 12.0. The molecule has 3 aromatic rings. The number of pyridine rings is 1. The maximum Gasteiger partial charge on any atom is 0.326 e. The number of amides is 1. The van der Waals surface area contributed by atoms with E-state index in [2.05, 4.69) is 20.9 Å². The van der Waals surface area contributed by atoms with Crippen LogP contribution in [-0.4, -0.2) is 76.1 Å². The zero-order valence-electron chi connectivity index (χ0n) is 19.7. The molecule has 2 N–H and O–H groups in total. The Morgan fingerprint density at radius 1 is 1.14 bits per heavy atom. The lowest BCUT2D eigenvalue weighted by Gasteiger charge is -2.32. The Balaban J connectivity index is 1.29. The van der Waals surface area contributed by atoms with Gasteiger partial charge in [-0.1, -0.05) is 0 Å². The van der Waals surface area contributed by atoms with E-state index in [0.717, 1.165) is 54.6 Å². The number of aliphatic carboxylic acids is 1. The van der Waals surface area contributed by atoms with E-state index in [1.165, 1.54) is 17.0 Å². The highest BCUT2D eigenvalue weighted by molar-refractivity contribution is 5.95. The number of carboxylic acid groups (broad SMARTS) is 1. The smallest absolute Gasteiger partial charge is 0.326 e. The number of benzene rings is 1. The van der Waals surface area contributed by atoms with Gasteiger partial charge in [-0.3, -0.25) is 9.69 Å². The number of nitrogens with zero attached hydrogens (tertiary/aromatic N) is 3. The largest absolute Gasteiger partial charge is 0.496 e. The van der Waals surface area contributed by atoms with Crippen LogP contribution in [0.2, 0.25) is 0 Å². The van der Waals surface area contributed by atoms with Gasteiger partial charge < -0.3 is 19.7 Å². The first-order chi connectivity index (χ1) is 16.9. The maximum absolute atomic E-state index is 14.0. The second-order valence-electron chi connectivity index (χ2n) is 9.32. The number of rotatable bonds is 6. The number of carbonyl (C=O) groups is 2. The summed E-state index contributed by atoms with van der Waals surface area (Å²) in [5.74, 6) is -0.458. The summed E-state index contributed by atoms with van der Waals surface area (Å²) in [6, 6.07) is 7.76. The van der Waals surface area contributed by atoms with Crippen molar-refractivity contribution >= 4 is 22.9 Å². The monoisotopic (exact) mass is 480 g/mol. The molecule has 2 fully saturated rings. The summed E-state index contributed by atoms with van der Waals surface area (Å²) in [4.78, 5) is 35.7. The summed E-state index contributed by atoms with van der Waals surface area (Å²) in [7, 11) is 1.57. The van der Waals surface area contributed by atoms with Crippen LogP contribution in [0, 0.1) is 5.82 Å². The number of hydrogen-bond acceptors (Lipinski definition) is 5. The standard InChI is InChI=1S/C26H29FN4O4/c1-35-23-5-4-17(27)13-19(23)18-6-9-28-25-20(18)14-21(29-25)16-7-11-30(12-8-16)15-24(32)31-10-2-3-22(31)26(33)34/h4-6,9,13-14,16,22H,2-3,7-8,10-12,15H2,1H3,(H,28,29)(H,33,34)/t22-/m0/s1. The topological polar surface area (TPSA) is 98.8 Å². The van der Waals surface area contributed by atoms with Gasteiger partial charge in [0.25, 0.3) is 0 Å². The number of H-pyrrole nitrogens is 1. The number of ether oxygens (including phenoxy) is 1. The van der Waals surface area contributed by atoms with Gasteiger partial charge in [-0.2, -0.15) is 0 Å². The maximum atomic E-state index is 14.0. The summed E-state index contributed by atoms with van der Waals surface area (Å²) in [6.45, 7) is 2.30. The van der Waals surface area contributed by atoms with Crippen molar-refractivity contribution in [3.05, 3.63) is 48.0 Å². The molecule has 2 aromatic heterocycles. The SMILES string of the molecule is COc1ccc(F)cc1-c1ccnc2[nH]c(C3CCN(CC(=O)N4CCC[C@H]4C(=O)O)CC3)cc12. The molecule has 9 heteroatoms. The summed E-state index contributed by atoms with van der Waals surface area (Å²) >= 11 is 0. The number of methoxy groups -OCH3 is 1. The van der Waals surface area contributed by atoms with Gasteiger partial charge >= 0.3 is 5.97 Å². The Morgan fingerprint density at radius 2 is 1.94 bits per heavy atom. The number of halogens is 1. The Morgan fingerprint density at radius 3 is 2.69 bits per heavy atom. The van der Waals surface area contributed by atoms with Crippen LogP contribution in [0.15, 0.2) is 36.5 Å². The Bertz CT molecular complexity index is 1250. The van der Waals surface area contributed by atoms with Crippen LogP contribution in [0.3, 0.4) is 0 Å². The van der Waals surface area contributed by atoms with Gasteiger partial charge in [0.05, 0.1) is 13.7 Å². The van der Waals surface area contributed by atoms with Crippen LogP contribution in [0.5, 0.6) is 5.75 Å². The Hall–Kier alpha value is -3.46. The number of carboxylic acids is 1. The molecule has 35 heavy (non-hydrogen) atoms. The molecule has 0 unspecified atom stereocenters. The Labute approximate surface area is 202 Å². The molecule has 8 nitrogen and oxygen atoms in total. The van der Waals surface area contributed by atoms with E-state index in [9.17, 15) is 19.1 Å². The van der Waals surface area contributed by atoms with Gasteiger partial charge in [-0.15, -0.1) is 0 Å². The molecule has 0 spiro atoms. The minimum absolute atomic E-state index is 0.100. The van der Waals surface area contributed by atoms with Crippen molar-refractivity contribution in [3.63, 3.8) is 0 Å². The second-order valence-corrected chi connectivity index (χ2v) is 9.32. The fourth-order valence-electron chi connectivity index (χ4n) is 5.40. The van der Waals surface area contributed by atoms with E-state index in [1.54, 1.807) is 19.4 Å². The predicted octanol–water partition coefficient (Wildman–Crippen LogP) is 3.63. The summed E-state index contributed by atoms with van der Waals surface area (Å²) in [5, 5.41) is 10.3. The molecule has 0 saturated carbocycles. The van der Waals surface area contributed by atoms with E-state index in [1.807, 2.05) is 6.07 Å². The van der Waals surface area contributed by atoms with E-state index in [0.29, 0.717) is 24.3 Å². The van der Waals surface area contributed by atoms with Crippen LogP contribution in [0.4, 0.5) is 4.39 Å². The third kappa shape index (κ3) is 4.60. The average molecular weight is 481 g/mol. The fourth-order valence-corrected chi connectivity index (χ4v) is 5.40. The van der Waals surface area contributed by atoms with Gasteiger partial charge in [-0.25, -0.2) is 14.2 Å². The number of hydrogen-bond donors (Lipinski definition) is 2. The molecule has 4 heterocycles. The van der Waals surface area contributed by atoms with Crippen LogP contribution < -0.4 is 4.74 Å². The van der Waals surface area contributed by atoms with Crippen molar-refractivity contribution in [2.24, 2.45) is 0 Å². The highest BCUT2D eigenvalue weighted by Crippen LogP contribution is 2.37. The third-order valence-electron chi connectivity index (χ3n) is 7.25. The number of fused-ring (bicyclic) bond motifs is 1. The van der Waals surface area contributed by atoms with Crippen molar-refractivity contribution in [2.45, 2.75) is 37.6 Å². The zero-order valence-corrected chi connectivity index (χ0v) is 19.7. The molecular weight excluding hydrogens is 451 g/mol. The molecule has 2 aliphatic heterocycles. The van der Waals surface area contributed by atoms with Gasteiger partial charge in [0.2, 0.25) is 5.91 Å². The first-order valence-corrected chi connectivity index (χ1v) is 12.0. The fraction of sp³-hybridized carbons (Fsp3) is 0.423. The van der Waals surface area contributed by atoms with Crippen LogP contribution in [0.25, 0.3) is 22.2 Å². The highest BCUT2D eigenvalue weighted by Gasteiger charge is 2.35. The predicted molar refractivity (Wildman–Crippen MR) is 129 cm³/mol. The van der Waals surface area contributed by atoms with Gasteiger partial charge in [0.1, 0.15) is 23.3 Å². The van der Waals surface area contributed by atoms with Crippen LogP contribution in [-0.2, 0) is 9.59 Å². The normalized spacial score (nSPS) is 19.4. The van der Waals surface area contributed by atoms with Crippen molar-refractivity contribution in [3.8, 4) is 16.9 Å². The van der Waals surface area contributed by atoms with E-state index in [-0.39, 0.29) is 24.2 Å². The lowest BCUT2D eigenvalue weighted by Crippen LogP contribution is -2.47. The molecule has 2 saturated heterocycles. The van der Waals surface area contributed by atoms with Crippen molar-refractivity contribution < 1.29 is 23.8 Å². The third-order valence-corrected chi connectivity index (χ3v) is 7.25. The number of nitrogens with one attached hydrogen (secondary N) is 1. The molecular formula is C26H29FN4O4. The molecule has 0 aliphatic carbocycles. The first kappa shape index (κ1) is 23.3. The van der Waals surface area contributed by atoms with E-state index < -0.39 is 12.0 Å². The van der Waals surface area contributed by atoms with Crippen LogP contribution >= 0.6 is 0 Å². The number of likely N-dealkylation sites (tertiary alicyclic amines) is 2. The average Bonchev–Trinajstić information content (AvgIpc) is 3.52. The lowest BCUT2D eigenvalue weighted by atomic mass is 9.93. The molecule has 5 rings (SSSR count). The van der Waals surface area contributed by atoms with Crippen molar-refractivity contribution in [2.75, 3.05) is 33.3 Å². The van der Waals surface area contributed by atoms with E-state index >= 15 is 0 Å². The lowest BCUT2D eigenvalue weighted by molar-refractivity contribution is -0.148. The molecule has 0 radical (unpaired) electrons. The second kappa shape index (κ2) is 9.65. The molecule has 1 atom stereocenters. The summed E-state index contributed by atoms with van der Waals surface area (Å²) < 4.78 is 19.5. The molecule has 2 aliphatic rings. The highest BCUT2D eigenvalue weighted by atomic mass is 19.1. The number of carbonyl (C=O) groups excluding carboxylic acids is 1. The molecule has 1 amide bonds. The summed E-state index contributed by atoms with van der Waals surface area (Å²) in [5.41, 5.74) is 3.36. The number of aromatic amines is 1. The zero-order chi connectivity index (χ0) is 24.5. The van der Waals surface area contributed by atoms with Crippen molar-refractivity contribution in [1.82, 2.24) is 19.8 Å². The summed E-state index contributed by atoms with van der Waals surface area (Å²) in [6.07, 6.45) is 4.73. The number of piperidine rings is 1. The minimum Gasteiger partial charge on any atom is -0.496 e. The van der Waals surface area contributed by atoms with E-state index in [4.69, 9.17) is 4.74 Å². The van der Waals surface area contributed by atoms with Gasteiger partial charge in [0.15, 0.2) is 0 Å². The van der Waals surface area contributed by atoms with Gasteiger partial charge in [-0.05, 0) is 74.7 Å². The quantitative estimate of drug-likeness (QED) is 0.559.